The molecule has 39 heavy (non-hydrogen) atoms. The quantitative estimate of drug-likeness (QED) is 0.135. The van der Waals surface area contributed by atoms with Crippen molar-refractivity contribution in [3.05, 3.63) is 130 Å². The Balaban J connectivity index is 1.41. The van der Waals surface area contributed by atoms with Gasteiger partial charge in [-0.3, -0.25) is 4.79 Å². The number of hydrogen-bond acceptors (Lipinski definition) is 4. The maximum absolute atomic E-state index is 13.0. The summed E-state index contributed by atoms with van der Waals surface area (Å²) in [5.41, 5.74) is 7.13. The average molecular weight is 512 g/mol. The summed E-state index contributed by atoms with van der Waals surface area (Å²) >= 11 is 0. The van der Waals surface area contributed by atoms with E-state index in [-0.39, 0.29) is 17.3 Å². The number of hydrogen-bond donors (Lipinski definition) is 2. The fourth-order valence-corrected chi connectivity index (χ4v) is 4.40. The second kappa shape index (κ2) is 11.2. The van der Waals surface area contributed by atoms with Crippen molar-refractivity contribution in [2.75, 3.05) is 5.32 Å². The van der Waals surface area contributed by atoms with E-state index in [9.17, 15) is 9.90 Å². The zero-order valence-electron chi connectivity index (χ0n) is 22.1. The van der Waals surface area contributed by atoms with E-state index in [2.05, 4.69) is 52.8 Å². The van der Waals surface area contributed by atoms with E-state index in [0.29, 0.717) is 16.9 Å². The molecule has 0 atom stereocenters. The first-order valence-electron chi connectivity index (χ1n) is 12.8. The third-order valence-electron chi connectivity index (χ3n) is 6.57. The topological polar surface area (TPSA) is 74.1 Å². The second-order valence-corrected chi connectivity index (χ2v) is 9.65. The third-order valence-corrected chi connectivity index (χ3v) is 6.57. The Labute approximate surface area is 228 Å². The van der Waals surface area contributed by atoms with Gasteiger partial charge in [0.15, 0.2) is 5.75 Å². The highest BCUT2D eigenvalue weighted by atomic mass is 16.3. The molecule has 2 N–H and O–H groups in total. The molecule has 0 fully saturated rings. The van der Waals surface area contributed by atoms with Gasteiger partial charge in [-0.25, -0.2) is 0 Å². The van der Waals surface area contributed by atoms with Crippen molar-refractivity contribution in [2.24, 2.45) is 10.2 Å². The van der Waals surface area contributed by atoms with Crippen LogP contribution in [0.3, 0.4) is 0 Å². The number of nitrogens with one attached hydrogen (secondary N) is 1. The molecule has 192 valence electrons. The van der Waals surface area contributed by atoms with Crippen LogP contribution in [0.5, 0.6) is 5.75 Å². The van der Waals surface area contributed by atoms with Gasteiger partial charge < -0.3 is 10.4 Å². The number of aromatic hydroxyl groups is 1. The maximum atomic E-state index is 13.0. The molecule has 5 aromatic carbocycles. The van der Waals surface area contributed by atoms with Crippen molar-refractivity contribution in [2.45, 2.75) is 20.8 Å². The van der Waals surface area contributed by atoms with E-state index in [1.807, 2.05) is 80.6 Å². The molecular weight excluding hydrogens is 482 g/mol. The standard InChI is InChI=1S/C34H29N3O2/c1-22-8-11-25(12-9-22)13-14-26-15-17-28(18-16-26)36-37-32-30-7-5-4-6-27(30)21-31(33(32)38)35-34(39)29-19-10-23(2)20-24(29)3/h4-21,38H,1-3H3,(H,35,39). The summed E-state index contributed by atoms with van der Waals surface area (Å²) < 4.78 is 0. The zero-order chi connectivity index (χ0) is 27.4. The van der Waals surface area contributed by atoms with Gasteiger partial charge in [0.1, 0.15) is 5.69 Å². The molecular formula is C34H29N3O2. The number of nitrogens with zero attached hydrogens (tertiary/aromatic N) is 2. The number of phenols is 1. The average Bonchev–Trinajstić information content (AvgIpc) is 2.93. The van der Waals surface area contributed by atoms with Crippen molar-refractivity contribution in [1.82, 2.24) is 0 Å². The Kier molecular flexibility index (Phi) is 7.32. The number of phenolic OH excluding ortho intramolecular Hbond substituents is 1. The molecule has 0 aromatic heterocycles. The van der Waals surface area contributed by atoms with E-state index in [1.54, 1.807) is 12.1 Å². The van der Waals surface area contributed by atoms with Crippen LogP contribution in [0.15, 0.2) is 107 Å². The van der Waals surface area contributed by atoms with Crippen molar-refractivity contribution in [3.63, 3.8) is 0 Å². The normalized spacial score (nSPS) is 11.5. The lowest BCUT2D eigenvalue weighted by Crippen LogP contribution is -2.13. The van der Waals surface area contributed by atoms with E-state index < -0.39 is 0 Å². The molecule has 0 bridgehead atoms. The lowest BCUT2D eigenvalue weighted by molar-refractivity contribution is 0.102. The smallest absolute Gasteiger partial charge is 0.256 e. The molecule has 0 radical (unpaired) electrons. The van der Waals surface area contributed by atoms with Crippen LogP contribution in [0.1, 0.15) is 38.2 Å². The summed E-state index contributed by atoms with van der Waals surface area (Å²) in [6.07, 6.45) is 4.12. The molecule has 0 aliphatic heterocycles. The molecule has 0 aliphatic rings. The second-order valence-electron chi connectivity index (χ2n) is 9.65. The molecule has 1 amide bonds. The number of benzene rings is 5. The van der Waals surface area contributed by atoms with Crippen LogP contribution in [0.25, 0.3) is 22.9 Å². The molecule has 5 heteroatoms. The van der Waals surface area contributed by atoms with Crippen molar-refractivity contribution in [1.29, 1.82) is 0 Å². The highest BCUT2D eigenvalue weighted by molar-refractivity contribution is 6.09. The lowest BCUT2D eigenvalue weighted by atomic mass is 10.0. The van der Waals surface area contributed by atoms with Gasteiger partial charge in [-0.1, -0.05) is 96.1 Å². The Morgan fingerprint density at radius 1 is 0.744 bits per heavy atom. The predicted molar refractivity (Wildman–Crippen MR) is 160 cm³/mol. The van der Waals surface area contributed by atoms with Gasteiger partial charge in [0.25, 0.3) is 5.91 Å². The van der Waals surface area contributed by atoms with Crippen molar-refractivity contribution >= 4 is 45.9 Å². The highest BCUT2D eigenvalue weighted by Gasteiger charge is 2.17. The van der Waals surface area contributed by atoms with E-state index in [4.69, 9.17) is 0 Å². The van der Waals surface area contributed by atoms with Gasteiger partial charge in [-0.2, -0.15) is 5.11 Å². The van der Waals surface area contributed by atoms with E-state index in [1.165, 1.54) is 5.56 Å². The van der Waals surface area contributed by atoms with Gasteiger partial charge in [0.2, 0.25) is 0 Å². The minimum Gasteiger partial charge on any atom is -0.504 e. The van der Waals surface area contributed by atoms with Gasteiger partial charge in [0, 0.05) is 10.9 Å². The molecule has 0 heterocycles. The van der Waals surface area contributed by atoms with Crippen LogP contribution in [0.4, 0.5) is 17.1 Å². The van der Waals surface area contributed by atoms with Gasteiger partial charge >= 0.3 is 0 Å². The van der Waals surface area contributed by atoms with Crippen LogP contribution in [-0.2, 0) is 0 Å². The van der Waals surface area contributed by atoms with Crippen LogP contribution in [0, 0.1) is 20.8 Å². The monoisotopic (exact) mass is 511 g/mol. The fraction of sp³-hybridized carbons (Fsp3) is 0.0882. The first-order chi connectivity index (χ1) is 18.9. The minimum atomic E-state index is -0.296. The highest BCUT2D eigenvalue weighted by Crippen LogP contribution is 2.42. The SMILES string of the molecule is Cc1ccc(C=Cc2ccc(N=Nc3c(O)c(NC(=O)c4ccc(C)cc4C)cc4ccccc34)cc2)cc1. The molecule has 5 rings (SSSR count). The first-order valence-corrected chi connectivity index (χ1v) is 12.8. The fourth-order valence-electron chi connectivity index (χ4n) is 4.40. The summed E-state index contributed by atoms with van der Waals surface area (Å²) in [5, 5.41) is 24.4. The number of carbonyl (C=O) groups excluding carboxylic acids is 1. The molecule has 0 unspecified atom stereocenters. The molecule has 5 nitrogen and oxygen atoms in total. The molecule has 0 saturated carbocycles. The summed E-state index contributed by atoms with van der Waals surface area (Å²) in [4.78, 5) is 13.0. The number of carbonyl (C=O) groups is 1. The Hall–Kier alpha value is -5.03. The van der Waals surface area contributed by atoms with Crippen molar-refractivity contribution < 1.29 is 9.90 Å². The Morgan fingerprint density at radius 2 is 1.38 bits per heavy atom. The summed E-state index contributed by atoms with van der Waals surface area (Å²) in [7, 11) is 0. The molecule has 0 aliphatic carbocycles. The van der Waals surface area contributed by atoms with Crippen LogP contribution in [-0.4, -0.2) is 11.0 Å². The van der Waals surface area contributed by atoms with Gasteiger partial charge in [0.05, 0.1) is 11.4 Å². The number of anilines is 1. The maximum Gasteiger partial charge on any atom is 0.256 e. The third kappa shape index (κ3) is 5.94. The first kappa shape index (κ1) is 25.6. The molecule has 0 spiro atoms. The molecule has 5 aromatic rings. The van der Waals surface area contributed by atoms with Gasteiger partial charge in [-0.15, -0.1) is 5.11 Å². The predicted octanol–water partition coefficient (Wildman–Crippen LogP) is 9.31. The zero-order valence-corrected chi connectivity index (χ0v) is 22.1. The van der Waals surface area contributed by atoms with E-state index in [0.717, 1.165) is 33.0 Å². The summed E-state index contributed by atoms with van der Waals surface area (Å²) in [6.45, 7) is 5.95. The lowest BCUT2D eigenvalue weighted by Gasteiger charge is -2.13. The van der Waals surface area contributed by atoms with Gasteiger partial charge in [-0.05, 0) is 67.1 Å². The van der Waals surface area contributed by atoms with Crippen LogP contribution in [0.2, 0.25) is 0 Å². The molecule has 0 saturated heterocycles. The van der Waals surface area contributed by atoms with Crippen molar-refractivity contribution in [3.8, 4) is 5.75 Å². The Bertz CT molecular complexity index is 1720. The number of rotatable bonds is 6. The number of fused-ring (bicyclic) bond motifs is 1. The largest absolute Gasteiger partial charge is 0.504 e. The number of aryl methyl sites for hydroxylation is 3. The summed E-state index contributed by atoms with van der Waals surface area (Å²) in [6, 6.07) is 31.0. The summed E-state index contributed by atoms with van der Waals surface area (Å²) in [5.74, 6) is -0.427. The number of azo groups is 1. The minimum absolute atomic E-state index is 0.131. The van der Waals surface area contributed by atoms with Crippen LogP contribution >= 0.6 is 0 Å². The van der Waals surface area contributed by atoms with E-state index >= 15 is 0 Å². The number of amides is 1. The Morgan fingerprint density at radius 3 is 2.08 bits per heavy atom. The van der Waals surface area contributed by atoms with Crippen LogP contribution < -0.4 is 5.32 Å².